The van der Waals surface area contributed by atoms with Gasteiger partial charge in [0.05, 0.1) is 0 Å². The first-order valence-corrected chi connectivity index (χ1v) is 9.24. The van der Waals surface area contributed by atoms with Gasteiger partial charge in [0.25, 0.3) is 0 Å². The second kappa shape index (κ2) is 4.95. The van der Waals surface area contributed by atoms with Crippen molar-refractivity contribution < 1.29 is 0 Å². The van der Waals surface area contributed by atoms with E-state index in [4.69, 9.17) is 0.598 Å². The van der Waals surface area contributed by atoms with Gasteiger partial charge in [-0.1, -0.05) is 0 Å². The van der Waals surface area contributed by atoms with E-state index >= 15 is 0 Å². The zero-order valence-electron chi connectivity index (χ0n) is 6.62. The quantitative estimate of drug-likeness (QED) is 0.624. The molecule has 0 fully saturated rings. The van der Waals surface area contributed by atoms with Crippen molar-refractivity contribution in [3.63, 3.8) is 0 Å². The van der Waals surface area contributed by atoms with Crippen LogP contribution < -0.4 is 0 Å². The van der Waals surface area contributed by atoms with Gasteiger partial charge in [-0.3, -0.25) is 0 Å². The summed E-state index contributed by atoms with van der Waals surface area (Å²) in [6, 6.07) is 0. The predicted octanol–water partition coefficient (Wildman–Crippen LogP) is 2.27. The van der Waals surface area contributed by atoms with Crippen LogP contribution in [0.15, 0.2) is 0 Å². The molecule has 0 amide bonds. The van der Waals surface area contributed by atoms with E-state index < -0.39 is 19.6 Å². The Kier molecular flexibility index (Phi) is 4.19. The maximum absolute atomic E-state index is 7.88. The molecule has 0 saturated carbocycles. The Morgan fingerprint density at radius 1 is 1.14 bits per heavy atom. The van der Waals surface area contributed by atoms with Gasteiger partial charge in [0.15, 0.2) is 0 Å². The second-order valence-electron chi connectivity index (χ2n) is 1.81. The van der Waals surface area contributed by atoms with Gasteiger partial charge in [-0.15, -0.1) is 0 Å². The van der Waals surface area contributed by atoms with Crippen molar-refractivity contribution in [2.24, 2.45) is 0 Å². The van der Waals surface area contributed by atoms with E-state index in [1.807, 2.05) is 0 Å². The molecule has 0 aliphatic heterocycles. The Morgan fingerprint density at radius 3 is 1.43 bits per heavy atom. The molecule has 0 atom stereocenters. The van der Waals surface area contributed by atoms with Crippen molar-refractivity contribution in [1.29, 1.82) is 0.598 Å². The van der Waals surface area contributed by atoms with E-state index in [2.05, 4.69) is 20.8 Å². The van der Waals surface area contributed by atoms with Crippen LogP contribution >= 0.6 is 0 Å². The molecule has 0 spiro atoms. The monoisotopic (exact) mass is 209 g/mol. The van der Waals surface area contributed by atoms with Gasteiger partial charge < -0.3 is 0 Å². The fraction of sp³-hybridized carbons (Fsp3) is 1.00. The van der Waals surface area contributed by atoms with E-state index in [1.54, 1.807) is 0 Å². The molecule has 0 heterocycles. The van der Waals surface area contributed by atoms with Crippen molar-refractivity contribution in [3.05, 3.63) is 0 Å². The van der Waals surface area contributed by atoms with Crippen LogP contribution in [0.5, 0.6) is 0 Å². The molecule has 0 bridgehead atoms. The number of hydrogen-bond donors (Lipinski definition) is 0. The third-order valence-electron chi connectivity index (χ3n) is 1.50. The summed E-state index contributed by atoms with van der Waals surface area (Å²) in [7, 11) is 0. The summed E-state index contributed by atoms with van der Waals surface area (Å²) >= 11 is -2.08. The molecule has 1 heteroatoms. The van der Waals surface area contributed by atoms with Crippen LogP contribution in [0.25, 0.3) is 0 Å². The Labute approximate surface area is 54.5 Å². The molecule has 0 nitrogen and oxygen atoms in total. The molecule has 0 aliphatic carbocycles. The predicted molar refractivity (Wildman–Crippen MR) is 38.6 cm³/mol. The Balaban J connectivity index is 3.58. The molecule has 44 valence electrons. The van der Waals surface area contributed by atoms with Crippen LogP contribution in [-0.2, 0) is 0 Å². The first-order chi connectivity index (χ1) is 3.68. The average molecular weight is 208 g/mol. The molecule has 0 N–H and O–H groups in total. The van der Waals surface area contributed by atoms with E-state index in [9.17, 15) is 0 Å². The van der Waals surface area contributed by atoms with E-state index in [1.165, 1.54) is 13.3 Å². The summed E-state index contributed by atoms with van der Waals surface area (Å²) in [6.45, 7) is 6.53. The molecule has 0 unspecified atom stereocenters. The molecule has 0 saturated heterocycles. The third kappa shape index (κ3) is 3.39. The first kappa shape index (κ1) is 5.93. The third-order valence-corrected chi connectivity index (χ3v) is 10.1. The van der Waals surface area contributed by atoms with Gasteiger partial charge in [0.2, 0.25) is 0 Å². The van der Waals surface area contributed by atoms with Crippen LogP contribution in [0, 0.1) is 0 Å². The molecule has 0 aromatic carbocycles. The molecular weight excluding hydrogens is 191 g/mol. The van der Waals surface area contributed by atoms with E-state index in [0.29, 0.717) is 0 Å². The van der Waals surface area contributed by atoms with Crippen molar-refractivity contribution in [3.8, 4) is 0 Å². The summed E-state index contributed by atoms with van der Waals surface area (Å²) in [5.74, 6) is 0. The topological polar surface area (TPSA) is 0 Å². The van der Waals surface area contributed by atoms with E-state index in [-0.39, 0.29) is 0 Å². The van der Waals surface area contributed by atoms with Crippen molar-refractivity contribution >= 4 is 19.6 Å². The minimum atomic E-state index is -2.08. The molecule has 0 aromatic heterocycles. The van der Waals surface area contributed by atoms with Crippen LogP contribution in [-0.4, -0.2) is 20.2 Å². The number of rotatable bonds is 3. The van der Waals surface area contributed by atoms with Gasteiger partial charge in [-0.25, -0.2) is 0 Å². The Bertz CT molecular complexity index is 51.3. The van der Waals surface area contributed by atoms with Crippen molar-refractivity contribution in [2.75, 3.05) is 0 Å². The van der Waals surface area contributed by atoms with E-state index in [0.717, 1.165) is 0 Å². The fourth-order valence-electron chi connectivity index (χ4n) is 0.750. The summed E-state index contributed by atoms with van der Waals surface area (Å²) < 4.78 is 11.5. The fourth-order valence-corrected chi connectivity index (χ4v) is 5.03. The summed E-state index contributed by atoms with van der Waals surface area (Å²) in [5, 5.41) is 0. The molecule has 0 rings (SSSR count). The molecule has 0 radical (unpaired) electrons. The van der Waals surface area contributed by atoms with Crippen molar-refractivity contribution in [1.82, 2.24) is 0 Å². The van der Waals surface area contributed by atoms with Crippen LogP contribution in [0.4, 0.5) is 0 Å². The minimum absolute atomic E-state index is 1.20. The summed E-state index contributed by atoms with van der Waals surface area (Å²) in [5.41, 5.74) is 0. The number of hydrogen-bond acceptors (Lipinski definition) is 0. The molecule has 0 aliphatic rings. The van der Waals surface area contributed by atoms with Crippen LogP contribution in [0.1, 0.15) is 20.8 Å². The molecule has 0 aromatic rings. The maximum atomic E-state index is 7.88. The van der Waals surface area contributed by atoms with Crippen LogP contribution in [0.2, 0.25) is 13.3 Å². The summed E-state index contributed by atoms with van der Waals surface area (Å²) in [6.07, 6.45) is 0. The Hall–Kier alpha value is 0.799. The van der Waals surface area contributed by atoms with Gasteiger partial charge in [-0.2, -0.15) is 0 Å². The van der Waals surface area contributed by atoms with Gasteiger partial charge in [-0.05, 0) is 0 Å². The Morgan fingerprint density at radius 2 is 1.43 bits per heavy atom. The van der Waals surface area contributed by atoms with Gasteiger partial charge in [0, 0.05) is 0 Å². The molecular formula is C6H16Sn. The molecule has 7 heavy (non-hydrogen) atoms. The zero-order valence-corrected chi connectivity index (χ0v) is 8.48. The van der Waals surface area contributed by atoms with Crippen molar-refractivity contribution in [2.45, 2.75) is 34.1 Å². The zero-order chi connectivity index (χ0) is 6.62. The average Bonchev–Trinajstić information content (AvgIpc) is 1.87. The standard InChI is InChI=1S/3C2H5.Sn.H/c3*1-2;;/h3*1H2,2H3;;/i;;;;1+1. The second-order valence-corrected chi connectivity index (χ2v) is 12.1. The first-order valence-electron chi connectivity index (χ1n) is 3.68. The van der Waals surface area contributed by atoms with Gasteiger partial charge >= 0.3 is 54.2 Å². The SMILES string of the molecule is [2H][Sn]([CH2]C)([CH2]C)[CH2]C. The van der Waals surface area contributed by atoms with Crippen LogP contribution in [0.3, 0.4) is 0 Å². The normalized spacial score (nSPS) is 13.9. The summed E-state index contributed by atoms with van der Waals surface area (Å²) in [4.78, 5) is 0. The van der Waals surface area contributed by atoms with Gasteiger partial charge in [0.1, 0.15) is 0 Å².